The molecule has 0 spiro atoms. The number of urea groups is 1. The van der Waals surface area contributed by atoms with E-state index in [9.17, 15) is 4.79 Å². The van der Waals surface area contributed by atoms with Crippen LogP contribution in [0, 0.1) is 11.8 Å². The summed E-state index contributed by atoms with van der Waals surface area (Å²) in [5.41, 5.74) is 0. The fourth-order valence-electron chi connectivity index (χ4n) is 2.75. The quantitative estimate of drug-likeness (QED) is 0.800. The predicted molar refractivity (Wildman–Crippen MR) is 66.9 cm³/mol. The lowest BCUT2D eigenvalue weighted by molar-refractivity contribution is 0.105. The van der Waals surface area contributed by atoms with Gasteiger partial charge >= 0.3 is 6.03 Å². The lowest BCUT2D eigenvalue weighted by Gasteiger charge is -2.31. The normalized spacial score (nSPS) is 33.8. The third-order valence-electron chi connectivity index (χ3n) is 3.99. The van der Waals surface area contributed by atoms with Crippen LogP contribution in [0.4, 0.5) is 4.79 Å². The molecular formula is C13H24N2O2. The standard InChI is InChI=1S/C13H24N2O2/c1-10-4-3-6-15(9-10)13(16)14-8-12-5-7-17-11(12)2/h10-12H,3-9H2,1-2H3,(H,14,16). The molecule has 3 unspecified atom stereocenters. The maximum Gasteiger partial charge on any atom is 0.317 e. The van der Waals surface area contributed by atoms with Crippen LogP contribution < -0.4 is 5.32 Å². The maximum absolute atomic E-state index is 12.0. The number of likely N-dealkylation sites (tertiary alicyclic amines) is 1. The highest BCUT2D eigenvalue weighted by Crippen LogP contribution is 2.20. The van der Waals surface area contributed by atoms with E-state index in [-0.39, 0.29) is 12.1 Å². The second kappa shape index (κ2) is 5.71. The highest BCUT2D eigenvalue weighted by Gasteiger charge is 2.26. The average molecular weight is 240 g/mol. The van der Waals surface area contributed by atoms with Gasteiger partial charge in [-0.3, -0.25) is 0 Å². The Kier molecular flexibility index (Phi) is 4.26. The molecule has 0 aromatic heterocycles. The molecule has 0 bridgehead atoms. The van der Waals surface area contributed by atoms with Crippen molar-refractivity contribution in [2.45, 2.75) is 39.2 Å². The van der Waals surface area contributed by atoms with Gasteiger partial charge in [-0.2, -0.15) is 0 Å². The van der Waals surface area contributed by atoms with Gasteiger partial charge in [0.25, 0.3) is 0 Å². The molecule has 2 saturated heterocycles. The molecule has 0 saturated carbocycles. The predicted octanol–water partition coefficient (Wildman–Crippen LogP) is 1.85. The summed E-state index contributed by atoms with van der Waals surface area (Å²) in [5.74, 6) is 1.13. The third kappa shape index (κ3) is 3.35. The molecule has 2 rings (SSSR count). The van der Waals surface area contributed by atoms with Crippen LogP contribution in [0.25, 0.3) is 0 Å². The number of hydrogen-bond acceptors (Lipinski definition) is 2. The number of nitrogens with zero attached hydrogens (tertiary/aromatic N) is 1. The van der Waals surface area contributed by atoms with Crippen molar-refractivity contribution in [2.75, 3.05) is 26.2 Å². The molecule has 17 heavy (non-hydrogen) atoms. The van der Waals surface area contributed by atoms with Crippen molar-refractivity contribution in [2.24, 2.45) is 11.8 Å². The van der Waals surface area contributed by atoms with Crippen LogP contribution in [0.2, 0.25) is 0 Å². The molecule has 4 heteroatoms. The van der Waals surface area contributed by atoms with Crippen molar-refractivity contribution in [3.8, 4) is 0 Å². The number of carbonyl (C=O) groups excluding carboxylic acids is 1. The van der Waals surface area contributed by atoms with Crippen molar-refractivity contribution >= 4 is 6.03 Å². The summed E-state index contributed by atoms with van der Waals surface area (Å²) < 4.78 is 5.50. The molecule has 2 aliphatic rings. The first-order valence-corrected chi connectivity index (χ1v) is 6.81. The summed E-state index contributed by atoms with van der Waals surface area (Å²) in [7, 11) is 0. The van der Waals surface area contributed by atoms with Crippen LogP contribution >= 0.6 is 0 Å². The Bertz CT molecular complexity index is 270. The van der Waals surface area contributed by atoms with E-state index in [4.69, 9.17) is 4.74 Å². The number of hydrogen-bond donors (Lipinski definition) is 1. The minimum absolute atomic E-state index is 0.107. The molecule has 1 N–H and O–H groups in total. The first-order chi connectivity index (χ1) is 8.16. The van der Waals surface area contributed by atoms with Crippen molar-refractivity contribution in [3.63, 3.8) is 0 Å². The van der Waals surface area contributed by atoms with Gasteiger partial charge in [-0.25, -0.2) is 4.79 Å². The van der Waals surface area contributed by atoms with E-state index in [2.05, 4.69) is 19.2 Å². The average Bonchev–Trinajstić information content (AvgIpc) is 2.72. The van der Waals surface area contributed by atoms with Gasteiger partial charge in [-0.1, -0.05) is 6.92 Å². The number of nitrogens with one attached hydrogen (secondary N) is 1. The van der Waals surface area contributed by atoms with E-state index >= 15 is 0 Å². The van der Waals surface area contributed by atoms with Crippen LogP contribution in [0.1, 0.15) is 33.1 Å². The molecule has 98 valence electrons. The molecule has 2 heterocycles. The Morgan fingerprint density at radius 3 is 2.88 bits per heavy atom. The minimum Gasteiger partial charge on any atom is -0.378 e. The molecule has 3 atom stereocenters. The summed E-state index contributed by atoms with van der Waals surface area (Å²) in [6, 6.07) is 0.107. The van der Waals surface area contributed by atoms with E-state index in [1.807, 2.05) is 4.90 Å². The smallest absolute Gasteiger partial charge is 0.317 e. The Labute approximate surface area is 104 Å². The summed E-state index contributed by atoms with van der Waals surface area (Å²) in [5, 5.41) is 3.05. The Morgan fingerprint density at radius 2 is 2.24 bits per heavy atom. The van der Waals surface area contributed by atoms with Gasteiger partial charge in [0.1, 0.15) is 0 Å². The van der Waals surface area contributed by atoms with Gasteiger partial charge in [0.05, 0.1) is 6.10 Å². The topological polar surface area (TPSA) is 41.6 Å². The van der Waals surface area contributed by atoms with E-state index in [1.54, 1.807) is 0 Å². The molecule has 0 aromatic rings. The van der Waals surface area contributed by atoms with E-state index in [1.165, 1.54) is 6.42 Å². The van der Waals surface area contributed by atoms with Crippen LogP contribution in [0.5, 0.6) is 0 Å². The van der Waals surface area contributed by atoms with Crippen LogP contribution in [0.15, 0.2) is 0 Å². The molecule has 4 nitrogen and oxygen atoms in total. The SMILES string of the molecule is CC1CCCN(C(=O)NCC2CCOC2C)C1. The van der Waals surface area contributed by atoms with E-state index in [0.717, 1.165) is 39.1 Å². The number of rotatable bonds is 2. The number of amides is 2. The van der Waals surface area contributed by atoms with Gasteiger partial charge in [0.2, 0.25) is 0 Å². The van der Waals surface area contributed by atoms with Crippen LogP contribution in [-0.4, -0.2) is 43.3 Å². The Balaban J connectivity index is 1.73. The largest absolute Gasteiger partial charge is 0.378 e. The fraction of sp³-hybridized carbons (Fsp3) is 0.923. The Morgan fingerprint density at radius 1 is 1.41 bits per heavy atom. The van der Waals surface area contributed by atoms with Crippen LogP contribution in [0.3, 0.4) is 0 Å². The highest BCUT2D eigenvalue weighted by atomic mass is 16.5. The molecule has 2 aliphatic heterocycles. The second-order valence-corrected chi connectivity index (χ2v) is 5.50. The molecule has 0 aliphatic carbocycles. The lowest BCUT2D eigenvalue weighted by Crippen LogP contribution is -2.46. The minimum atomic E-state index is 0.107. The maximum atomic E-state index is 12.0. The lowest BCUT2D eigenvalue weighted by atomic mass is 10.0. The van der Waals surface area contributed by atoms with Crippen LogP contribution in [-0.2, 0) is 4.74 Å². The van der Waals surface area contributed by atoms with E-state index < -0.39 is 0 Å². The first-order valence-electron chi connectivity index (χ1n) is 6.81. The van der Waals surface area contributed by atoms with Gasteiger partial charge in [0.15, 0.2) is 0 Å². The fourth-order valence-corrected chi connectivity index (χ4v) is 2.75. The summed E-state index contributed by atoms with van der Waals surface area (Å²) in [6.45, 7) is 7.71. The number of carbonyl (C=O) groups is 1. The summed E-state index contributed by atoms with van der Waals surface area (Å²) in [4.78, 5) is 13.9. The van der Waals surface area contributed by atoms with Crippen molar-refractivity contribution in [1.82, 2.24) is 10.2 Å². The van der Waals surface area contributed by atoms with E-state index in [0.29, 0.717) is 11.8 Å². The van der Waals surface area contributed by atoms with Gasteiger partial charge in [-0.15, -0.1) is 0 Å². The Hall–Kier alpha value is -0.770. The van der Waals surface area contributed by atoms with Crippen molar-refractivity contribution in [1.29, 1.82) is 0 Å². The third-order valence-corrected chi connectivity index (χ3v) is 3.99. The van der Waals surface area contributed by atoms with Gasteiger partial charge < -0.3 is 15.0 Å². The highest BCUT2D eigenvalue weighted by molar-refractivity contribution is 5.74. The zero-order chi connectivity index (χ0) is 12.3. The van der Waals surface area contributed by atoms with Crippen molar-refractivity contribution in [3.05, 3.63) is 0 Å². The first kappa shape index (κ1) is 12.7. The zero-order valence-corrected chi connectivity index (χ0v) is 10.9. The summed E-state index contributed by atoms with van der Waals surface area (Å²) >= 11 is 0. The zero-order valence-electron chi connectivity index (χ0n) is 10.9. The monoisotopic (exact) mass is 240 g/mol. The van der Waals surface area contributed by atoms with Crippen molar-refractivity contribution < 1.29 is 9.53 Å². The molecule has 0 radical (unpaired) electrons. The molecule has 2 amide bonds. The summed E-state index contributed by atoms with van der Waals surface area (Å²) in [6.07, 6.45) is 3.74. The molecular weight excluding hydrogens is 216 g/mol. The van der Waals surface area contributed by atoms with Gasteiger partial charge in [-0.05, 0) is 32.1 Å². The molecule has 0 aromatic carbocycles. The van der Waals surface area contributed by atoms with Gasteiger partial charge in [0, 0.05) is 32.2 Å². The second-order valence-electron chi connectivity index (χ2n) is 5.50. The molecule has 2 fully saturated rings. The number of piperidine rings is 1. The number of ether oxygens (including phenoxy) is 1.